The number of aryl methyl sites for hydroxylation is 1. The molecule has 0 bridgehead atoms. The summed E-state index contributed by atoms with van der Waals surface area (Å²) in [5.74, 6) is 0. The highest BCUT2D eigenvalue weighted by molar-refractivity contribution is 6.30. The van der Waals surface area contributed by atoms with E-state index in [9.17, 15) is 0 Å². The van der Waals surface area contributed by atoms with Crippen LogP contribution in [0.5, 0.6) is 0 Å². The SMILES string of the molecule is Cc1ccc(C2(CN)CCCCC2)c(Cl)n1. The Kier molecular flexibility index (Phi) is 3.50. The van der Waals surface area contributed by atoms with Crippen LogP contribution >= 0.6 is 11.6 Å². The second-order valence-corrected chi connectivity index (χ2v) is 5.19. The predicted octanol–water partition coefficient (Wildman–Crippen LogP) is 3.20. The van der Waals surface area contributed by atoms with E-state index >= 15 is 0 Å². The van der Waals surface area contributed by atoms with Gasteiger partial charge in [-0.2, -0.15) is 0 Å². The van der Waals surface area contributed by atoms with Crippen molar-refractivity contribution in [3.05, 3.63) is 28.5 Å². The molecule has 0 saturated heterocycles. The number of pyridine rings is 1. The van der Waals surface area contributed by atoms with Crippen LogP contribution in [0.2, 0.25) is 5.15 Å². The standard InChI is InChI=1S/C13H19ClN2/c1-10-5-6-11(12(14)16-10)13(9-15)7-3-2-4-8-13/h5-6H,2-4,7-9,15H2,1H3. The molecule has 3 heteroatoms. The van der Waals surface area contributed by atoms with Crippen molar-refractivity contribution in [2.24, 2.45) is 5.73 Å². The van der Waals surface area contributed by atoms with Gasteiger partial charge in [0.2, 0.25) is 0 Å². The zero-order valence-corrected chi connectivity index (χ0v) is 10.6. The summed E-state index contributed by atoms with van der Waals surface area (Å²) in [6.45, 7) is 2.64. The zero-order valence-electron chi connectivity index (χ0n) is 9.80. The molecule has 0 atom stereocenters. The molecule has 0 spiro atoms. The lowest BCUT2D eigenvalue weighted by molar-refractivity contribution is 0.300. The first-order chi connectivity index (χ1) is 7.68. The molecule has 0 radical (unpaired) electrons. The number of nitrogens with two attached hydrogens (primary N) is 1. The van der Waals surface area contributed by atoms with Crippen LogP contribution < -0.4 is 5.73 Å². The molecular formula is C13H19ClN2. The van der Waals surface area contributed by atoms with Gasteiger partial charge in [0, 0.05) is 17.7 Å². The molecule has 1 aromatic rings. The lowest BCUT2D eigenvalue weighted by Crippen LogP contribution is -2.37. The Morgan fingerprint density at radius 3 is 2.56 bits per heavy atom. The van der Waals surface area contributed by atoms with Gasteiger partial charge in [-0.15, -0.1) is 0 Å². The van der Waals surface area contributed by atoms with Gasteiger partial charge in [0.05, 0.1) is 0 Å². The minimum absolute atomic E-state index is 0.0794. The van der Waals surface area contributed by atoms with Crippen LogP contribution in [0.1, 0.15) is 43.4 Å². The summed E-state index contributed by atoms with van der Waals surface area (Å²) >= 11 is 6.26. The van der Waals surface area contributed by atoms with E-state index in [-0.39, 0.29) is 5.41 Å². The Hall–Kier alpha value is -0.600. The Balaban J connectivity index is 2.39. The number of halogens is 1. The first-order valence-corrected chi connectivity index (χ1v) is 6.39. The minimum Gasteiger partial charge on any atom is -0.330 e. The van der Waals surface area contributed by atoms with Crippen molar-refractivity contribution in [1.29, 1.82) is 0 Å². The largest absolute Gasteiger partial charge is 0.330 e. The van der Waals surface area contributed by atoms with Gasteiger partial charge in [-0.1, -0.05) is 36.9 Å². The fourth-order valence-corrected chi connectivity index (χ4v) is 3.13. The highest BCUT2D eigenvalue weighted by Crippen LogP contribution is 2.40. The third kappa shape index (κ3) is 2.09. The van der Waals surface area contributed by atoms with Crippen molar-refractivity contribution in [1.82, 2.24) is 4.98 Å². The van der Waals surface area contributed by atoms with Gasteiger partial charge in [-0.25, -0.2) is 4.98 Å². The van der Waals surface area contributed by atoms with Crippen molar-refractivity contribution in [3.8, 4) is 0 Å². The molecule has 2 N–H and O–H groups in total. The number of rotatable bonds is 2. The van der Waals surface area contributed by atoms with Gasteiger partial charge in [0.1, 0.15) is 5.15 Å². The van der Waals surface area contributed by atoms with Crippen molar-refractivity contribution in [2.45, 2.75) is 44.4 Å². The Morgan fingerprint density at radius 2 is 2.00 bits per heavy atom. The number of aromatic nitrogens is 1. The average Bonchev–Trinajstić information content (AvgIpc) is 2.30. The van der Waals surface area contributed by atoms with E-state index in [0.29, 0.717) is 11.7 Å². The average molecular weight is 239 g/mol. The molecule has 2 rings (SSSR count). The van der Waals surface area contributed by atoms with E-state index in [4.69, 9.17) is 17.3 Å². The zero-order chi connectivity index (χ0) is 11.6. The van der Waals surface area contributed by atoms with E-state index in [1.54, 1.807) is 0 Å². The molecule has 0 amide bonds. The van der Waals surface area contributed by atoms with Crippen molar-refractivity contribution in [2.75, 3.05) is 6.54 Å². The van der Waals surface area contributed by atoms with Gasteiger partial charge in [0.15, 0.2) is 0 Å². The number of nitrogens with zero attached hydrogens (tertiary/aromatic N) is 1. The topological polar surface area (TPSA) is 38.9 Å². The minimum atomic E-state index is 0.0794. The molecule has 1 aliphatic rings. The molecule has 88 valence electrons. The molecule has 0 aromatic carbocycles. The summed E-state index contributed by atoms with van der Waals surface area (Å²) in [7, 11) is 0. The van der Waals surface area contributed by atoms with Crippen LogP contribution in [0, 0.1) is 6.92 Å². The molecule has 1 aromatic heterocycles. The molecule has 1 heterocycles. The summed E-state index contributed by atoms with van der Waals surface area (Å²) in [5.41, 5.74) is 8.19. The molecule has 1 fully saturated rings. The number of hydrogen-bond acceptors (Lipinski definition) is 2. The van der Waals surface area contributed by atoms with Crippen molar-refractivity contribution in [3.63, 3.8) is 0 Å². The third-order valence-electron chi connectivity index (χ3n) is 3.76. The van der Waals surface area contributed by atoms with Crippen LogP contribution in [-0.4, -0.2) is 11.5 Å². The molecular weight excluding hydrogens is 220 g/mol. The first-order valence-electron chi connectivity index (χ1n) is 6.02. The second-order valence-electron chi connectivity index (χ2n) is 4.84. The fourth-order valence-electron chi connectivity index (χ4n) is 2.73. The highest BCUT2D eigenvalue weighted by atomic mass is 35.5. The van der Waals surface area contributed by atoms with Gasteiger partial charge in [-0.05, 0) is 31.4 Å². The smallest absolute Gasteiger partial charge is 0.133 e. The van der Waals surface area contributed by atoms with E-state index < -0.39 is 0 Å². The summed E-state index contributed by atoms with van der Waals surface area (Å²) in [4.78, 5) is 4.35. The monoisotopic (exact) mass is 238 g/mol. The summed E-state index contributed by atoms with van der Waals surface area (Å²) in [6, 6.07) is 4.15. The summed E-state index contributed by atoms with van der Waals surface area (Å²) < 4.78 is 0. The third-order valence-corrected chi connectivity index (χ3v) is 4.05. The van der Waals surface area contributed by atoms with Crippen molar-refractivity contribution < 1.29 is 0 Å². The highest BCUT2D eigenvalue weighted by Gasteiger charge is 2.34. The maximum absolute atomic E-state index is 6.26. The van der Waals surface area contributed by atoms with Crippen LogP contribution in [0.15, 0.2) is 12.1 Å². The maximum atomic E-state index is 6.26. The van der Waals surface area contributed by atoms with Crippen LogP contribution in [-0.2, 0) is 5.41 Å². The van der Waals surface area contributed by atoms with Gasteiger partial charge in [-0.3, -0.25) is 0 Å². The fraction of sp³-hybridized carbons (Fsp3) is 0.615. The Morgan fingerprint density at radius 1 is 1.31 bits per heavy atom. The first kappa shape index (κ1) is 11.9. The lowest BCUT2D eigenvalue weighted by Gasteiger charge is -2.37. The van der Waals surface area contributed by atoms with Gasteiger partial charge in [0.25, 0.3) is 0 Å². The second kappa shape index (κ2) is 4.72. The molecule has 0 unspecified atom stereocenters. The van der Waals surface area contributed by atoms with Gasteiger partial charge >= 0.3 is 0 Å². The molecule has 16 heavy (non-hydrogen) atoms. The Labute approximate surface area is 102 Å². The van der Waals surface area contributed by atoms with Crippen LogP contribution in [0.4, 0.5) is 0 Å². The lowest BCUT2D eigenvalue weighted by atomic mass is 9.70. The summed E-state index contributed by atoms with van der Waals surface area (Å²) in [6.07, 6.45) is 6.11. The maximum Gasteiger partial charge on any atom is 0.133 e. The molecule has 1 aliphatic carbocycles. The normalized spacial score (nSPS) is 19.7. The molecule has 1 saturated carbocycles. The molecule has 2 nitrogen and oxygen atoms in total. The quantitative estimate of drug-likeness (QED) is 0.804. The number of hydrogen-bond donors (Lipinski definition) is 1. The predicted molar refractivity (Wildman–Crippen MR) is 67.8 cm³/mol. The van der Waals surface area contributed by atoms with Crippen LogP contribution in [0.3, 0.4) is 0 Å². The van der Waals surface area contributed by atoms with Gasteiger partial charge < -0.3 is 5.73 Å². The summed E-state index contributed by atoms with van der Waals surface area (Å²) in [5, 5.41) is 0.646. The van der Waals surface area contributed by atoms with E-state index in [1.807, 2.05) is 13.0 Å². The van der Waals surface area contributed by atoms with Crippen LogP contribution in [0.25, 0.3) is 0 Å². The van der Waals surface area contributed by atoms with E-state index in [0.717, 1.165) is 24.1 Å². The Bertz CT molecular complexity index is 370. The van der Waals surface area contributed by atoms with E-state index in [1.165, 1.54) is 19.3 Å². The molecule has 0 aliphatic heterocycles. The van der Waals surface area contributed by atoms with E-state index in [2.05, 4.69) is 11.1 Å². The van der Waals surface area contributed by atoms with Crippen molar-refractivity contribution >= 4 is 11.6 Å².